The second-order valence-electron chi connectivity index (χ2n) is 7.23. The smallest absolute Gasteiger partial charge is 0.416 e. The number of carbonyl (C=O) groups is 1. The molecule has 164 valence electrons. The van der Waals surface area contributed by atoms with Crippen LogP contribution in [0.2, 0.25) is 0 Å². The quantitative estimate of drug-likeness (QED) is 0.691. The molecule has 0 fully saturated rings. The summed E-state index contributed by atoms with van der Waals surface area (Å²) in [4.78, 5) is 18.5. The van der Waals surface area contributed by atoms with Crippen LogP contribution in [-0.2, 0) is 17.5 Å². The highest BCUT2D eigenvalue weighted by molar-refractivity contribution is 6.43. The Balaban J connectivity index is 1.65. The van der Waals surface area contributed by atoms with Crippen molar-refractivity contribution in [2.45, 2.75) is 25.7 Å². The highest BCUT2D eigenvalue weighted by atomic mass is 19.4. The Morgan fingerprint density at radius 3 is 2.52 bits per heavy atom. The van der Waals surface area contributed by atoms with Crippen molar-refractivity contribution in [3.63, 3.8) is 0 Å². The first-order chi connectivity index (χ1) is 14.7. The number of halogens is 3. The second kappa shape index (κ2) is 9.78. The lowest BCUT2D eigenvalue weighted by Gasteiger charge is -2.26. The van der Waals surface area contributed by atoms with Gasteiger partial charge in [0.15, 0.2) is 0 Å². The molecule has 2 aromatic rings. The zero-order valence-corrected chi connectivity index (χ0v) is 17.0. The Morgan fingerprint density at radius 1 is 1.19 bits per heavy atom. The summed E-state index contributed by atoms with van der Waals surface area (Å²) < 4.78 is 43.4. The number of alkyl halides is 3. The summed E-state index contributed by atoms with van der Waals surface area (Å²) in [5, 5.41) is 10.4. The molecule has 1 aliphatic rings. The molecular formula is C23H23F3N2O3. The third-order valence-corrected chi connectivity index (χ3v) is 4.83. The van der Waals surface area contributed by atoms with Gasteiger partial charge in [-0.05, 0) is 48.4 Å². The van der Waals surface area contributed by atoms with Gasteiger partial charge >= 0.3 is 6.18 Å². The molecule has 0 aromatic heterocycles. The first-order valence-corrected chi connectivity index (χ1v) is 9.77. The fourth-order valence-electron chi connectivity index (χ4n) is 3.12. The third kappa shape index (κ3) is 6.18. The first kappa shape index (κ1) is 22.6. The molecule has 1 unspecified atom stereocenters. The van der Waals surface area contributed by atoms with E-state index in [1.165, 1.54) is 17.0 Å². The van der Waals surface area contributed by atoms with Crippen LogP contribution in [0.1, 0.15) is 16.7 Å². The van der Waals surface area contributed by atoms with E-state index in [2.05, 4.69) is 4.99 Å². The van der Waals surface area contributed by atoms with Crippen LogP contribution in [-0.4, -0.2) is 47.4 Å². The molecule has 0 spiro atoms. The summed E-state index contributed by atoms with van der Waals surface area (Å²) in [6.07, 6.45) is -2.03. The summed E-state index contributed by atoms with van der Waals surface area (Å²) >= 11 is 0. The van der Waals surface area contributed by atoms with Gasteiger partial charge in [0.25, 0.3) is 5.91 Å². The lowest BCUT2D eigenvalue weighted by Crippen LogP contribution is -2.42. The number of aliphatic hydroxyl groups is 1. The number of ether oxygens (including phenoxy) is 1. The number of aliphatic hydroxyl groups excluding tert-OH is 1. The summed E-state index contributed by atoms with van der Waals surface area (Å²) in [7, 11) is 0. The van der Waals surface area contributed by atoms with Crippen LogP contribution in [0.4, 0.5) is 13.2 Å². The van der Waals surface area contributed by atoms with Crippen molar-refractivity contribution in [1.82, 2.24) is 4.90 Å². The fraction of sp³-hybridized carbons (Fsp3) is 0.304. The van der Waals surface area contributed by atoms with E-state index in [0.29, 0.717) is 12.3 Å². The predicted molar refractivity (Wildman–Crippen MR) is 111 cm³/mol. The van der Waals surface area contributed by atoms with Gasteiger partial charge in [-0.2, -0.15) is 13.2 Å². The Bertz CT molecular complexity index is 969. The van der Waals surface area contributed by atoms with Crippen molar-refractivity contribution in [2.75, 3.05) is 19.7 Å². The van der Waals surface area contributed by atoms with Crippen molar-refractivity contribution >= 4 is 11.6 Å². The maximum atomic E-state index is 12.9. The summed E-state index contributed by atoms with van der Waals surface area (Å²) in [6, 6.07) is 11.9. The minimum Gasteiger partial charge on any atom is -0.491 e. The van der Waals surface area contributed by atoms with Crippen LogP contribution in [0.25, 0.3) is 0 Å². The van der Waals surface area contributed by atoms with Crippen LogP contribution in [0, 0.1) is 6.92 Å². The van der Waals surface area contributed by atoms with Gasteiger partial charge in [0.2, 0.25) is 0 Å². The van der Waals surface area contributed by atoms with Crippen LogP contribution in [0.5, 0.6) is 5.75 Å². The number of aliphatic imine (C=N–C) groups is 1. The van der Waals surface area contributed by atoms with Gasteiger partial charge in [0.1, 0.15) is 24.2 Å². The van der Waals surface area contributed by atoms with Crippen molar-refractivity contribution in [1.29, 1.82) is 0 Å². The van der Waals surface area contributed by atoms with E-state index >= 15 is 0 Å². The topological polar surface area (TPSA) is 62.1 Å². The number of amides is 1. The molecule has 1 aliphatic heterocycles. The van der Waals surface area contributed by atoms with Crippen molar-refractivity contribution in [2.24, 2.45) is 4.99 Å². The van der Waals surface area contributed by atoms with Gasteiger partial charge < -0.3 is 14.7 Å². The largest absolute Gasteiger partial charge is 0.491 e. The number of carbonyl (C=O) groups excluding carboxylic acids is 1. The molecule has 0 saturated carbocycles. The molecule has 1 atom stereocenters. The number of hydrogen-bond donors (Lipinski definition) is 1. The standard InChI is InChI=1S/C23H23F3N2O3/c1-16-5-2-3-6-17(16)13-28(22(30)21-7-4-12-27-21)14-19(29)15-31-20-10-8-18(9-11-20)23(24,25)26/h2-11,19,29H,12-15H2,1H3. The van der Waals surface area contributed by atoms with E-state index in [4.69, 9.17) is 4.74 Å². The molecule has 8 heteroatoms. The maximum absolute atomic E-state index is 12.9. The molecule has 31 heavy (non-hydrogen) atoms. The highest BCUT2D eigenvalue weighted by Gasteiger charge is 2.30. The number of aryl methyl sites for hydroxylation is 1. The number of nitrogens with zero attached hydrogens (tertiary/aromatic N) is 2. The monoisotopic (exact) mass is 432 g/mol. The van der Waals surface area contributed by atoms with E-state index in [1.54, 1.807) is 12.2 Å². The van der Waals surface area contributed by atoms with Gasteiger partial charge in [-0.15, -0.1) is 0 Å². The highest BCUT2D eigenvalue weighted by Crippen LogP contribution is 2.30. The predicted octanol–water partition coefficient (Wildman–Crippen LogP) is 3.79. The normalized spacial score (nSPS) is 14.3. The van der Waals surface area contributed by atoms with Gasteiger partial charge in [0.05, 0.1) is 18.7 Å². The third-order valence-electron chi connectivity index (χ3n) is 4.83. The van der Waals surface area contributed by atoms with Crippen molar-refractivity contribution in [3.8, 4) is 5.75 Å². The van der Waals surface area contributed by atoms with Crippen LogP contribution >= 0.6 is 0 Å². The maximum Gasteiger partial charge on any atom is 0.416 e. The molecule has 0 aliphatic carbocycles. The lowest BCUT2D eigenvalue weighted by atomic mass is 10.1. The summed E-state index contributed by atoms with van der Waals surface area (Å²) in [6.45, 7) is 2.48. The Morgan fingerprint density at radius 2 is 1.90 bits per heavy atom. The molecule has 1 heterocycles. The van der Waals surface area contributed by atoms with E-state index in [-0.39, 0.29) is 31.4 Å². The second-order valence-corrected chi connectivity index (χ2v) is 7.23. The number of rotatable bonds is 8. The van der Waals surface area contributed by atoms with E-state index < -0.39 is 17.8 Å². The number of benzene rings is 2. The van der Waals surface area contributed by atoms with Crippen molar-refractivity contribution < 1.29 is 27.8 Å². The molecule has 0 radical (unpaired) electrons. The van der Waals surface area contributed by atoms with Gasteiger partial charge in [-0.1, -0.05) is 30.3 Å². The number of hydrogen-bond acceptors (Lipinski definition) is 4. The van der Waals surface area contributed by atoms with E-state index in [1.807, 2.05) is 31.2 Å². The van der Waals surface area contributed by atoms with Gasteiger partial charge in [-0.3, -0.25) is 9.79 Å². The molecule has 3 rings (SSSR count). The average molecular weight is 432 g/mol. The Hall–Kier alpha value is -3.13. The van der Waals surface area contributed by atoms with Crippen molar-refractivity contribution in [3.05, 3.63) is 77.4 Å². The Kier molecular flexibility index (Phi) is 7.12. The minimum atomic E-state index is -4.42. The molecule has 0 bridgehead atoms. The van der Waals surface area contributed by atoms with Gasteiger partial charge in [0, 0.05) is 6.54 Å². The van der Waals surface area contributed by atoms with Crippen LogP contribution in [0.15, 0.2) is 65.7 Å². The zero-order chi connectivity index (χ0) is 22.4. The summed E-state index contributed by atoms with van der Waals surface area (Å²) in [5.74, 6) is -0.0995. The first-order valence-electron chi connectivity index (χ1n) is 9.77. The molecule has 1 amide bonds. The molecule has 1 N–H and O–H groups in total. The fourth-order valence-corrected chi connectivity index (χ4v) is 3.12. The molecule has 5 nitrogen and oxygen atoms in total. The average Bonchev–Trinajstić information content (AvgIpc) is 3.27. The van der Waals surface area contributed by atoms with Gasteiger partial charge in [-0.25, -0.2) is 0 Å². The molecule has 0 saturated heterocycles. The van der Waals surface area contributed by atoms with E-state index in [9.17, 15) is 23.1 Å². The lowest BCUT2D eigenvalue weighted by molar-refractivity contribution is -0.137. The van der Waals surface area contributed by atoms with Crippen LogP contribution in [0.3, 0.4) is 0 Å². The SMILES string of the molecule is Cc1ccccc1CN(CC(O)COc1ccc(C(F)(F)F)cc1)C(=O)C1=NCC=C1. The molecular weight excluding hydrogens is 409 g/mol. The Labute approximate surface area is 178 Å². The minimum absolute atomic E-state index is 0.0132. The molecule has 2 aromatic carbocycles. The zero-order valence-electron chi connectivity index (χ0n) is 17.0. The van der Waals surface area contributed by atoms with E-state index in [0.717, 1.165) is 23.3 Å². The summed E-state index contributed by atoms with van der Waals surface area (Å²) in [5.41, 5.74) is 1.50. The van der Waals surface area contributed by atoms with Crippen LogP contribution < -0.4 is 4.74 Å².